The summed E-state index contributed by atoms with van der Waals surface area (Å²) in [5, 5.41) is 12.5. The summed E-state index contributed by atoms with van der Waals surface area (Å²) in [5.41, 5.74) is 1.95. The second kappa shape index (κ2) is 16.0. The van der Waals surface area contributed by atoms with Gasteiger partial charge in [0.2, 0.25) is 11.8 Å². The molecule has 0 aromatic heterocycles. The van der Waals surface area contributed by atoms with E-state index in [1.807, 2.05) is 62.4 Å². The molecule has 3 amide bonds. The smallest absolute Gasteiger partial charge is 0.313 e. The Morgan fingerprint density at radius 2 is 1.82 bits per heavy atom. The van der Waals surface area contributed by atoms with Gasteiger partial charge in [0.25, 0.3) is 5.91 Å². The molecule has 2 aromatic carbocycles. The van der Waals surface area contributed by atoms with Crippen LogP contribution in [0.1, 0.15) is 61.8 Å². The number of fused-ring (bicyclic) bond motifs is 1. The van der Waals surface area contributed by atoms with E-state index >= 15 is 0 Å². The van der Waals surface area contributed by atoms with Crippen molar-refractivity contribution in [3.05, 3.63) is 90.5 Å². The summed E-state index contributed by atoms with van der Waals surface area (Å²) in [7, 11) is 0. The molecule has 3 aliphatic heterocycles. The zero-order valence-electron chi connectivity index (χ0n) is 29.1. The molecule has 1 spiro atoms. The molecule has 268 valence electrons. The van der Waals surface area contributed by atoms with E-state index in [1.54, 1.807) is 28.9 Å². The molecule has 8 atom stereocenters. The summed E-state index contributed by atoms with van der Waals surface area (Å²) in [4.78, 5) is 59.6. The first-order valence-corrected chi connectivity index (χ1v) is 18.3. The Hall–Kier alpha value is -3.80. The van der Waals surface area contributed by atoms with Gasteiger partial charge in [0.15, 0.2) is 0 Å². The first kappa shape index (κ1) is 37.5. The molecule has 5 rings (SSSR count). The molecule has 3 heterocycles. The van der Waals surface area contributed by atoms with Crippen molar-refractivity contribution in [3.8, 4) is 0 Å². The Morgan fingerprint density at radius 3 is 2.46 bits per heavy atom. The number of rotatable bonds is 16. The van der Waals surface area contributed by atoms with E-state index in [0.29, 0.717) is 31.2 Å². The number of hydrogen-bond donors (Lipinski definition) is 2. The van der Waals surface area contributed by atoms with Crippen LogP contribution >= 0.6 is 15.9 Å². The van der Waals surface area contributed by atoms with Crippen LogP contribution in [0.15, 0.2) is 73.8 Å². The Balaban J connectivity index is 1.52. The van der Waals surface area contributed by atoms with Crippen molar-refractivity contribution in [2.24, 2.45) is 11.8 Å². The molecule has 0 aliphatic carbocycles. The normalized spacial score (nSPS) is 26.2. The van der Waals surface area contributed by atoms with Crippen molar-refractivity contribution in [2.45, 2.75) is 87.6 Å². The summed E-state index contributed by atoms with van der Waals surface area (Å²) >= 11 is 3.75. The second-order valence-corrected chi connectivity index (χ2v) is 14.7. The lowest BCUT2D eigenvalue weighted by Gasteiger charge is -2.38. The van der Waals surface area contributed by atoms with E-state index in [1.165, 1.54) is 0 Å². The topological polar surface area (TPSA) is 125 Å². The number of nitrogens with zero attached hydrogens (tertiary/aromatic N) is 2. The van der Waals surface area contributed by atoms with Crippen LogP contribution in [0.3, 0.4) is 0 Å². The van der Waals surface area contributed by atoms with Gasteiger partial charge in [-0.1, -0.05) is 76.6 Å². The highest BCUT2D eigenvalue weighted by Crippen LogP contribution is 2.60. The molecule has 2 bridgehead atoms. The predicted molar refractivity (Wildman–Crippen MR) is 195 cm³/mol. The van der Waals surface area contributed by atoms with Gasteiger partial charge >= 0.3 is 5.97 Å². The maximum absolute atomic E-state index is 14.9. The van der Waals surface area contributed by atoms with Gasteiger partial charge in [0, 0.05) is 36.6 Å². The highest BCUT2D eigenvalue weighted by Gasteiger charge is 2.77. The number of amides is 3. The second-order valence-electron chi connectivity index (χ2n) is 13.6. The van der Waals surface area contributed by atoms with E-state index in [-0.39, 0.29) is 48.7 Å². The molecular formula is C39H48BrN3O7. The number of hydrogen-bond acceptors (Lipinski definition) is 7. The van der Waals surface area contributed by atoms with Crippen molar-refractivity contribution in [2.75, 3.05) is 24.6 Å². The van der Waals surface area contributed by atoms with Gasteiger partial charge in [-0.15, -0.1) is 13.2 Å². The maximum atomic E-state index is 14.9. The third-order valence-corrected chi connectivity index (χ3v) is 11.0. The lowest BCUT2D eigenvalue weighted by Crippen LogP contribution is -2.57. The molecule has 1 unspecified atom stereocenters. The summed E-state index contributed by atoms with van der Waals surface area (Å²) in [6, 6.07) is 13.4. The number of para-hydroxylation sites is 1. The average Bonchev–Trinajstić information content (AvgIpc) is 3.68. The SMILES string of the molecule is C=CCCC(=O)N[C@H](C)[C@@H](OC(=O)[C@@H]1[C@H]2O[C@@]3(CC2Br)[C@H](C(=O)N(CC=C)c2c(C)cccc2C)N(CCCCO)C(=O)[C@@H]13)c1ccccc1. The van der Waals surface area contributed by atoms with E-state index in [2.05, 4.69) is 34.4 Å². The van der Waals surface area contributed by atoms with Gasteiger partial charge in [0.05, 0.1) is 24.0 Å². The van der Waals surface area contributed by atoms with Gasteiger partial charge < -0.3 is 29.7 Å². The van der Waals surface area contributed by atoms with Crippen molar-refractivity contribution in [1.82, 2.24) is 10.2 Å². The predicted octanol–water partition coefficient (Wildman–Crippen LogP) is 5.10. The largest absolute Gasteiger partial charge is 0.455 e. The Morgan fingerprint density at radius 1 is 1.12 bits per heavy atom. The van der Waals surface area contributed by atoms with E-state index in [4.69, 9.17) is 9.47 Å². The van der Waals surface area contributed by atoms with Gasteiger partial charge in [0.1, 0.15) is 17.7 Å². The fourth-order valence-corrected chi connectivity index (χ4v) is 9.00. The first-order chi connectivity index (χ1) is 24.0. The zero-order chi connectivity index (χ0) is 36.2. The Bertz CT molecular complexity index is 1580. The Kier molecular flexibility index (Phi) is 12.0. The number of aliphatic hydroxyl groups excluding tert-OH is 1. The van der Waals surface area contributed by atoms with E-state index in [9.17, 15) is 24.3 Å². The van der Waals surface area contributed by atoms with E-state index < -0.39 is 47.7 Å². The van der Waals surface area contributed by atoms with Gasteiger partial charge in [-0.25, -0.2) is 0 Å². The van der Waals surface area contributed by atoms with Crippen LogP contribution in [-0.4, -0.2) is 82.0 Å². The number of allylic oxidation sites excluding steroid dienone is 1. The van der Waals surface area contributed by atoms with Gasteiger partial charge in [-0.3, -0.25) is 19.2 Å². The average molecular weight is 751 g/mol. The molecule has 0 radical (unpaired) electrons. The highest BCUT2D eigenvalue weighted by molar-refractivity contribution is 9.09. The number of esters is 1. The number of nitrogens with one attached hydrogen (secondary N) is 1. The van der Waals surface area contributed by atoms with Crippen LogP contribution in [0.2, 0.25) is 0 Å². The molecule has 0 saturated carbocycles. The van der Waals surface area contributed by atoms with Gasteiger partial charge in [-0.2, -0.15) is 0 Å². The van der Waals surface area contributed by atoms with Crippen molar-refractivity contribution in [1.29, 1.82) is 0 Å². The quantitative estimate of drug-likeness (QED) is 0.106. The minimum atomic E-state index is -1.29. The third-order valence-electron chi connectivity index (χ3n) is 10.2. The molecular weight excluding hydrogens is 702 g/mol. The number of aliphatic hydroxyl groups is 1. The molecule has 3 saturated heterocycles. The maximum Gasteiger partial charge on any atom is 0.313 e. The van der Waals surface area contributed by atoms with E-state index in [0.717, 1.165) is 16.8 Å². The molecule has 3 fully saturated rings. The minimum Gasteiger partial charge on any atom is -0.455 e. The highest BCUT2D eigenvalue weighted by atomic mass is 79.9. The number of alkyl halides is 1. The summed E-state index contributed by atoms with van der Waals surface area (Å²) in [5.74, 6) is -3.43. The molecule has 3 aliphatic rings. The van der Waals surface area contributed by atoms with Crippen LogP contribution in [-0.2, 0) is 28.7 Å². The van der Waals surface area contributed by atoms with Crippen LogP contribution < -0.4 is 10.2 Å². The number of ether oxygens (including phenoxy) is 2. The monoisotopic (exact) mass is 749 g/mol. The summed E-state index contributed by atoms with van der Waals surface area (Å²) in [6.07, 6.45) is 3.79. The lowest BCUT2D eigenvalue weighted by molar-refractivity contribution is -0.162. The number of likely N-dealkylation sites (tertiary alicyclic amines) is 1. The molecule has 2 N–H and O–H groups in total. The Labute approximate surface area is 303 Å². The number of aryl methyl sites for hydroxylation is 2. The summed E-state index contributed by atoms with van der Waals surface area (Å²) < 4.78 is 13.0. The first-order valence-electron chi connectivity index (χ1n) is 17.4. The number of halogens is 1. The number of carbonyl (C=O) groups excluding carboxylic acids is 4. The summed E-state index contributed by atoms with van der Waals surface area (Å²) in [6.45, 7) is 13.6. The lowest BCUT2D eigenvalue weighted by atomic mass is 9.70. The number of unbranched alkanes of at least 4 members (excludes halogenated alkanes) is 1. The van der Waals surface area contributed by atoms with Crippen LogP contribution in [0.4, 0.5) is 5.69 Å². The van der Waals surface area contributed by atoms with Crippen LogP contribution in [0, 0.1) is 25.7 Å². The minimum absolute atomic E-state index is 0.0552. The van der Waals surface area contributed by atoms with Crippen LogP contribution in [0.5, 0.6) is 0 Å². The number of carbonyl (C=O) groups is 4. The molecule has 2 aromatic rings. The molecule has 10 nitrogen and oxygen atoms in total. The van der Waals surface area contributed by atoms with Crippen LogP contribution in [0.25, 0.3) is 0 Å². The standard InChI is InChI=1S/C39H48BrN3O7/c1-6-8-19-29(45)41-26(5)33(27-17-10-9-11-18-27)49-38(48)30-31-36(46)43(21-12-13-22-44)35(39(31)23-28(40)34(30)50-39)37(47)42(20-7-2)32-24(3)15-14-16-25(32)4/h6-7,9-11,14-18,26,28,30-31,33-35,44H,1-2,8,12-13,19-23H2,3-5H3,(H,41,45)/t26-,28?,30+,31-,33-,34+,35+,39-/m1/s1. The third kappa shape index (κ3) is 7.05. The van der Waals surface area contributed by atoms with Crippen molar-refractivity contribution >= 4 is 45.3 Å². The number of anilines is 1. The van der Waals surface area contributed by atoms with Gasteiger partial charge in [-0.05, 0) is 63.1 Å². The fourth-order valence-electron chi connectivity index (χ4n) is 8.05. The fraction of sp³-hybridized carbons (Fsp3) is 0.487. The van der Waals surface area contributed by atoms with Crippen molar-refractivity contribution in [3.63, 3.8) is 0 Å². The zero-order valence-corrected chi connectivity index (χ0v) is 30.6. The molecule has 50 heavy (non-hydrogen) atoms. The van der Waals surface area contributed by atoms with Crippen molar-refractivity contribution < 1.29 is 33.8 Å². The molecule has 11 heteroatoms. The number of benzene rings is 2.